The predicted molar refractivity (Wildman–Crippen MR) is 198 cm³/mol. The number of rotatable bonds is 4. The van der Waals surface area contributed by atoms with E-state index >= 15 is 0 Å². The maximum atomic E-state index is 7.23. The fraction of sp³-hybridized carbons (Fsp3) is 0.116. The van der Waals surface area contributed by atoms with Gasteiger partial charge in [-0.25, -0.2) is 0 Å². The number of hydrogen-bond donors (Lipinski definition) is 0. The van der Waals surface area contributed by atoms with Crippen molar-refractivity contribution in [1.82, 2.24) is 14.5 Å². The Hall–Kier alpha value is -4.67. The zero-order valence-electron chi connectivity index (χ0n) is 29.9. The molecular weight excluding hydrogens is 783 g/mol. The molecule has 0 amide bonds. The van der Waals surface area contributed by atoms with Gasteiger partial charge in [-0.3, -0.25) is 16.3 Å². The molecule has 0 bridgehead atoms. The molecule has 5 aromatic carbocycles. The van der Waals surface area contributed by atoms with Gasteiger partial charge in [0, 0.05) is 36.1 Å². The molecule has 0 spiro atoms. The molecule has 5 heteroatoms. The average molecular weight is 821 g/mol. The van der Waals surface area contributed by atoms with Crippen molar-refractivity contribution < 1.29 is 24.2 Å². The van der Waals surface area contributed by atoms with Crippen LogP contribution in [0.4, 0.5) is 0 Å². The number of benzene rings is 5. The number of nitrogens with zero attached hydrogens (tertiary/aromatic N) is 3. The first-order chi connectivity index (χ1) is 24.1. The van der Waals surface area contributed by atoms with Crippen LogP contribution in [0.15, 0.2) is 140 Å². The molecule has 8 rings (SSSR count). The van der Waals surface area contributed by atoms with Crippen LogP contribution in [0.25, 0.3) is 60.6 Å². The third-order valence-corrected chi connectivity index (χ3v) is 9.01. The molecule has 3 aromatic heterocycles. The number of pyridine rings is 1. The van der Waals surface area contributed by atoms with Crippen molar-refractivity contribution in [2.75, 3.05) is 0 Å². The summed E-state index contributed by atoms with van der Waals surface area (Å²) >= 11 is 1.67. The van der Waals surface area contributed by atoms with Crippen LogP contribution in [0.5, 0.6) is 0 Å². The SMILES string of the molecule is CC(C)(C)c1ccc2c(-c3nc4ccccc4n3-c3ccc(-c4ccccc4)cc3)[c-]sc2c1.[2H]C([2H])([2H])c1ccc(-c2[c-]cccc2)nc1.[Ir]. The van der Waals surface area contributed by atoms with E-state index in [0.29, 0.717) is 0 Å². The molecule has 0 atom stereocenters. The average Bonchev–Trinajstić information content (AvgIpc) is 3.73. The van der Waals surface area contributed by atoms with Crippen LogP contribution in [-0.4, -0.2) is 14.5 Å². The molecule has 0 unspecified atom stereocenters. The molecular formula is C43H35IrN3S-2. The van der Waals surface area contributed by atoms with E-state index in [0.717, 1.165) is 39.4 Å². The maximum absolute atomic E-state index is 7.23. The molecule has 239 valence electrons. The molecule has 0 aliphatic carbocycles. The van der Waals surface area contributed by atoms with Crippen molar-refractivity contribution in [3.05, 3.63) is 162 Å². The second kappa shape index (κ2) is 14.2. The Kier molecular flexibility index (Phi) is 8.72. The van der Waals surface area contributed by atoms with E-state index in [1.165, 1.54) is 33.0 Å². The summed E-state index contributed by atoms with van der Waals surface area (Å²) < 4.78 is 25.2. The molecule has 0 aliphatic heterocycles. The Bertz CT molecular complexity index is 2380. The van der Waals surface area contributed by atoms with E-state index in [2.05, 4.69) is 127 Å². The van der Waals surface area contributed by atoms with E-state index < -0.39 is 6.85 Å². The molecule has 0 fully saturated rings. The Morgan fingerprint density at radius 1 is 0.771 bits per heavy atom. The third kappa shape index (κ3) is 6.95. The van der Waals surface area contributed by atoms with Crippen LogP contribution in [0.1, 0.15) is 36.0 Å². The molecule has 1 radical (unpaired) electrons. The summed E-state index contributed by atoms with van der Waals surface area (Å²) in [6.45, 7) is 4.67. The molecule has 0 saturated heterocycles. The summed E-state index contributed by atoms with van der Waals surface area (Å²) in [5.41, 5.74) is 9.98. The van der Waals surface area contributed by atoms with Crippen molar-refractivity contribution in [3.8, 4) is 39.5 Å². The number of hydrogen-bond acceptors (Lipinski definition) is 3. The third-order valence-electron chi connectivity index (χ3n) is 8.15. The van der Waals surface area contributed by atoms with Gasteiger partial charge in [0.1, 0.15) is 0 Å². The largest absolute Gasteiger partial charge is 0.333 e. The fourth-order valence-corrected chi connectivity index (χ4v) is 6.48. The quantitative estimate of drug-likeness (QED) is 0.166. The molecule has 3 heterocycles. The first-order valence-corrected chi connectivity index (χ1v) is 16.4. The van der Waals surface area contributed by atoms with Gasteiger partial charge < -0.3 is 9.55 Å². The van der Waals surface area contributed by atoms with Gasteiger partial charge in [-0.15, -0.1) is 47.3 Å². The van der Waals surface area contributed by atoms with E-state index in [4.69, 9.17) is 9.10 Å². The van der Waals surface area contributed by atoms with Crippen molar-refractivity contribution in [2.45, 2.75) is 33.0 Å². The standard InChI is InChI=1S/C31H25N2S.C12H10N.Ir/c1-31(2,3)23-15-18-25-26(20-34-29(25)19-23)30-32-27-11-7-8-12-28(27)33(30)24-16-13-22(14-17-24)21-9-5-4-6-10-21;1-10-7-8-12(13-9-10)11-5-3-2-4-6-11;/h4-19H,1-3H3;2-5,7-9H,1H3;/q2*-1;/i;1D3;. The first-order valence-electron chi connectivity index (χ1n) is 17.1. The number of aryl methyl sites for hydroxylation is 1. The zero-order valence-corrected chi connectivity index (χ0v) is 30.1. The van der Waals surface area contributed by atoms with E-state index in [9.17, 15) is 0 Å². The topological polar surface area (TPSA) is 30.7 Å². The molecule has 0 aliphatic rings. The van der Waals surface area contributed by atoms with Crippen LogP contribution in [0, 0.1) is 18.3 Å². The summed E-state index contributed by atoms with van der Waals surface area (Å²) in [6, 6.07) is 48.2. The Morgan fingerprint density at radius 2 is 1.52 bits per heavy atom. The summed E-state index contributed by atoms with van der Waals surface area (Å²) in [7, 11) is 0. The maximum Gasteiger partial charge on any atom is 0.0774 e. The predicted octanol–water partition coefficient (Wildman–Crippen LogP) is 11.5. The van der Waals surface area contributed by atoms with E-state index in [1.807, 2.05) is 30.3 Å². The summed E-state index contributed by atoms with van der Waals surface area (Å²) in [4.78, 5) is 9.20. The van der Waals surface area contributed by atoms with Crippen LogP contribution >= 0.6 is 11.3 Å². The van der Waals surface area contributed by atoms with Gasteiger partial charge in [0.2, 0.25) is 0 Å². The Labute approximate surface area is 304 Å². The minimum Gasteiger partial charge on any atom is -0.333 e. The number of fused-ring (bicyclic) bond motifs is 2. The number of thiophene rings is 1. The van der Waals surface area contributed by atoms with Crippen molar-refractivity contribution in [3.63, 3.8) is 0 Å². The minimum atomic E-state index is -2.09. The molecule has 48 heavy (non-hydrogen) atoms. The second-order valence-corrected chi connectivity index (χ2v) is 13.3. The van der Waals surface area contributed by atoms with Crippen LogP contribution in [0.3, 0.4) is 0 Å². The summed E-state index contributed by atoms with van der Waals surface area (Å²) in [6.07, 6.45) is 1.39. The monoisotopic (exact) mass is 821 g/mol. The van der Waals surface area contributed by atoms with Crippen LogP contribution < -0.4 is 0 Å². The second-order valence-electron chi connectivity index (χ2n) is 12.4. The van der Waals surface area contributed by atoms with Gasteiger partial charge in [-0.1, -0.05) is 121 Å². The Balaban J connectivity index is 0.000000222. The van der Waals surface area contributed by atoms with Gasteiger partial charge in [-0.05, 0) is 58.9 Å². The summed E-state index contributed by atoms with van der Waals surface area (Å²) in [5, 5.41) is 4.78. The van der Waals surface area contributed by atoms with Gasteiger partial charge in [-0.2, -0.15) is 0 Å². The molecule has 0 N–H and O–H groups in total. The number of aromatic nitrogens is 3. The van der Waals surface area contributed by atoms with Crippen molar-refractivity contribution in [1.29, 1.82) is 0 Å². The van der Waals surface area contributed by atoms with Crippen LogP contribution in [0.2, 0.25) is 0 Å². The Morgan fingerprint density at radius 3 is 2.23 bits per heavy atom. The van der Waals surface area contributed by atoms with Gasteiger partial charge in [0.05, 0.1) is 16.9 Å². The van der Waals surface area contributed by atoms with Gasteiger partial charge in [0.25, 0.3) is 0 Å². The van der Waals surface area contributed by atoms with Crippen LogP contribution in [-0.2, 0) is 25.5 Å². The molecule has 8 aromatic rings. The van der Waals surface area contributed by atoms with Crippen molar-refractivity contribution >= 4 is 32.5 Å². The van der Waals surface area contributed by atoms with E-state index in [-0.39, 0.29) is 31.1 Å². The van der Waals surface area contributed by atoms with Gasteiger partial charge in [0.15, 0.2) is 0 Å². The molecule has 3 nitrogen and oxygen atoms in total. The smallest absolute Gasteiger partial charge is 0.0774 e. The zero-order chi connectivity index (χ0) is 34.9. The summed E-state index contributed by atoms with van der Waals surface area (Å²) in [5.74, 6) is 0.934. The van der Waals surface area contributed by atoms with E-state index in [1.54, 1.807) is 29.5 Å². The number of imidazole rings is 1. The minimum absolute atomic E-state index is 0. The van der Waals surface area contributed by atoms with Crippen molar-refractivity contribution in [2.24, 2.45) is 0 Å². The fourth-order valence-electron chi connectivity index (χ4n) is 5.60. The first kappa shape index (κ1) is 29.5. The normalized spacial score (nSPS) is 12.4. The molecule has 0 saturated carbocycles. The van der Waals surface area contributed by atoms with Gasteiger partial charge >= 0.3 is 0 Å². The number of para-hydroxylation sites is 2.